The van der Waals surface area contributed by atoms with E-state index in [1.807, 2.05) is 49.4 Å². The topological polar surface area (TPSA) is 59.1 Å². The Morgan fingerprint density at radius 3 is 2.24 bits per heavy atom. The summed E-state index contributed by atoms with van der Waals surface area (Å²) in [5.74, 6) is 3.13. The van der Waals surface area contributed by atoms with Crippen LogP contribution in [0.1, 0.15) is 17.0 Å². The van der Waals surface area contributed by atoms with E-state index < -0.39 is 0 Å². The summed E-state index contributed by atoms with van der Waals surface area (Å²) in [4.78, 5) is 8.90. The van der Waals surface area contributed by atoms with Gasteiger partial charge in [0.25, 0.3) is 0 Å². The van der Waals surface area contributed by atoms with Crippen LogP contribution in [0.5, 0.6) is 5.75 Å². The van der Waals surface area contributed by atoms with Crippen molar-refractivity contribution in [3.8, 4) is 5.75 Å². The van der Waals surface area contributed by atoms with Gasteiger partial charge in [0.15, 0.2) is 0 Å². The van der Waals surface area contributed by atoms with Gasteiger partial charge >= 0.3 is 0 Å². The molecule has 128 valence electrons. The Labute approximate surface area is 148 Å². The number of rotatable bonds is 6. The molecule has 3 rings (SSSR count). The molecule has 0 radical (unpaired) electrons. The minimum absolute atomic E-state index is 0.685. The van der Waals surface area contributed by atoms with Gasteiger partial charge in [-0.25, -0.2) is 9.97 Å². The fourth-order valence-electron chi connectivity index (χ4n) is 2.44. The number of aromatic nitrogens is 2. The Kier molecular flexibility index (Phi) is 5.14. The number of hydrogen-bond donors (Lipinski definition) is 2. The van der Waals surface area contributed by atoms with E-state index in [0.717, 1.165) is 28.6 Å². The zero-order valence-corrected chi connectivity index (χ0v) is 14.7. The number of anilines is 3. The predicted octanol–water partition coefficient (Wildman–Crippen LogP) is 4.46. The number of hydrogen-bond acceptors (Lipinski definition) is 5. The van der Waals surface area contributed by atoms with E-state index in [0.29, 0.717) is 12.4 Å². The first-order valence-corrected chi connectivity index (χ1v) is 8.18. The van der Waals surface area contributed by atoms with E-state index in [4.69, 9.17) is 4.74 Å². The SMILES string of the molecule is COc1ccc(CNc2cc(Nc3ccc(C)cc3)nc(C)n2)cc1. The third-order valence-corrected chi connectivity index (χ3v) is 3.79. The van der Waals surface area contributed by atoms with Crippen LogP contribution >= 0.6 is 0 Å². The molecule has 0 aliphatic heterocycles. The Morgan fingerprint density at radius 1 is 0.880 bits per heavy atom. The lowest BCUT2D eigenvalue weighted by atomic mass is 10.2. The molecule has 2 aromatic carbocycles. The second-order valence-electron chi connectivity index (χ2n) is 5.88. The molecular formula is C20H22N4O. The first kappa shape index (κ1) is 16.8. The molecule has 0 saturated carbocycles. The third-order valence-electron chi connectivity index (χ3n) is 3.79. The quantitative estimate of drug-likeness (QED) is 0.697. The molecule has 0 fully saturated rings. The number of nitrogens with zero attached hydrogens (tertiary/aromatic N) is 2. The van der Waals surface area contributed by atoms with E-state index in [2.05, 4.69) is 39.7 Å². The maximum Gasteiger partial charge on any atom is 0.136 e. The summed E-state index contributed by atoms with van der Waals surface area (Å²) in [5.41, 5.74) is 3.39. The second kappa shape index (κ2) is 7.66. The Morgan fingerprint density at radius 2 is 1.56 bits per heavy atom. The fraction of sp³-hybridized carbons (Fsp3) is 0.200. The molecule has 0 amide bonds. The Bertz CT molecular complexity index is 829. The summed E-state index contributed by atoms with van der Waals surface area (Å²) in [6.07, 6.45) is 0. The van der Waals surface area contributed by atoms with E-state index in [-0.39, 0.29) is 0 Å². The van der Waals surface area contributed by atoms with Crippen LogP contribution in [0, 0.1) is 13.8 Å². The summed E-state index contributed by atoms with van der Waals surface area (Å²) >= 11 is 0. The van der Waals surface area contributed by atoms with Gasteiger partial charge in [0.2, 0.25) is 0 Å². The van der Waals surface area contributed by atoms with Crippen molar-refractivity contribution in [2.24, 2.45) is 0 Å². The largest absolute Gasteiger partial charge is 0.497 e. The van der Waals surface area contributed by atoms with Crippen LogP contribution in [-0.2, 0) is 6.54 Å². The highest BCUT2D eigenvalue weighted by atomic mass is 16.5. The summed E-state index contributed by atoms with van der Waals surface area (Å²) in [7, 11) is 1.67. The van der Waals surface area contributed by atoms with Gasteiger partial charge < -0.3 is 15.4 Å². The van der Waals surface area contributed by atoms with Crippen molar-refractivity contribution >= 4 is 17.3 Å². The van der Waals surface area contributed by atoms with Gasteiger partial charge in [0, 0.05) is 18.3 Å². The summed E-state index contributed by atoms with van der Waals surface area (Å²) in [6.45, 7) is 4.64. The van der Waals surface area contributed by atoms with Gasteiger partial charge in [-0.05, 0) is 43.7 Å². The molecule has 0 saturated heterocycles. The van der Waals surface area contributed by atoms with Crippen LogP contribution in [0.2, 0.25) is 0 Å². The standard InChI is InChI=1S/C20H22N4O/c1-14-4-8-17(9-5-14)24-20-12-19(22-15(2)23-20)21-13-16-6-10-18(25-3)11-7-16/h4-12H,13H2,1-3H3,(H2,21,22,23,24). The molecule has 0 bridgehead atoms. The highest BCUT2D eigenvalue weighted by Gasteiger charge is 2.03. The van der Waals surface area contributed by atoms with Gasteiger partial charge in [0.05, 0.1) is 7.11 Å². The molecule has 0 unspecified atom stereocenters. The number of nitrogens with one attached hydrogen (secondary N) is 2. The molecule has 2 N–H and O–H groups in total. The van der Waals surface area contributed by atoms with Crippen molar-refractivity contribution in [2.45, 2.75) is 20.4 Å². The molecule has 1 aromatic heterocycles. The predicted molar refractivity (Wildman–Crippen MR) is 102 cm³/mol. The van der Waals surface area contributed by atoms with Crippen molar-refractivity contribution in [1.82, 2.24) is 9.97 Å². The van der Waals surface area contributed by atoms with Crippen LogP contribution in [0.25, 0.3) is 0 Å². The van der Waals surface area contributed by atoms with Gasteiger partial charge in [-0.1, -0.05) is 29.8 Å². The molecule has 0 aliphatic carbocycles. The Balaban J connectivity index is 1.69. The van der Waals surface area contributed by atoms with Crippen LogP contribution in [0.4, 0.5) is 17.3 Å². The summed E-state index contributed by atoms with van der Waals surface area (Å²) in [5, 5.41) is 6.66. The molecule has 1 heterocycles. The molecule has 5 nitrogen and oxygen atoms in total. The third kappa shape index (κ3) is 4.70. The lowest BCUT2D eigenvalue weighted by molar-refractivity contribution is 0.414. The molecule has 5 heteroatoms. The van der Waals surface area contributed by atoms with E-state index in [1.165, 1.54) is 5.56 Å². The average molecular weight is 334 g/mol. The zero-order valence-electron chi connectivity index (χ0n) is 14.7. The number of benzene rings is 2. The number of aryl methyl sites for hydroxylation is 2. The van der Waals surface area contributed by atoms with Crippen LogP contribution in [-0.4, -0.2) is 17.1 Å². The Hall–Kier alpha value is -3.08. The van der Waals surface area contributed by atoms with E-state index >= 15 is 0 Å². The molecule has 0 spiro atoms. The maximum atomic E-state index is 5.18. The van der Waals surface area contributed by atoms with Crippen LogP contribution < -0.4 is 15.4 Å². The van der Waals surface area contributed by atoms with Gasteiger partial charge in [-0.15, -0.1) is 0 Å². The minimum atomic E-state index is 0.685. The first-order valence-electron chi connectivity index (χ1n) is 8.18. The first-order chi connectivity index (χ1) is 12.1. The van der Waals surface area contributed by atoms with Crippen molar-refractivity contribution in [2.75, 3.05) is 17.7 Å². The summed E-state index contributed by atoms with van der Waals surface area (Å²) in [6, 6.07) is 18.1. The van der Waals surface area contributed by atoms with Crippen molar-refractivity contribution in [3.05, 3.63) is 71.5 Å². The second-order valence-corrected chi connectivity index (χ2v) is 5.88. The summed E-state index contributed by atoms with van der Waals surface area (Å²) < 4.78 is 5.18. The van der Waals surface area contributed by atoms with Gasteiger partial charge in [-0.3, -0.25) is 0 Å². The normalized spacial score (nSPS) is 10.4. The van der Waals surface area contributed by atoms with Crippen LogP contribution in [0.3, 0.4) is 0 Å². The lowest BCUT2D eigenvalue weighted by Gasteiger charge is -2.11. The van der Waals surface area contributed by atoms with E-state index in [9.17, 15) is 0 Å². The fourth-order valence-corrected chi connectivity index (χ4v) is 2.44. The molecule has 0 aliphatic rings. The molecule has 0 atom stereocenters. The minimum Gasteiger partial charge on any atom is -0.497 e. The van der Waals surface area contributed by atoms with Gasteiger partial charge in [-0.2, -0.15) is 0 Å². The molecule has 3 aromatic rings. The smallest absolute Gasteiger partial charge is 0.136 e. The number of methoxy groups -OCH3 is 1. The van der Waals surface area contributed by atoms with Crippen LogP contribution in [0.15, 0.2) is 54.6 Å². The average Bonchev–Trinajstić information content (AvgIpc) is 2.62. The van der Waals surface area contributed by atoms with Crippen molar-refractivity contribution < 1.29 is 4.74 Å². The highest BCUT2D eigenvalue weighted by molar-refractivity contribution is 5.59. The lowest BCUT2D eigenvalue weighted by Crippen LogP contribution is -2.05. The van der Waals surface area contributed by atoms with Crippen molar-refractivity contribution in [1.29, 1.82) is 0 Å². The van der Waals surface area contributed by atoms with Gasteiger partial charge in [0.1, 0.15) is 23.2 Å². The maximum absolute atomic E-state index is 5.18. The monoisotopic (exact) mass is 334 g/mol. The highest BCUT2D eigenvalue weighted by Crippen LogP contribution is 2.19. The van der Waals surface area contributed by atoms with E-state index in [1.54, 1.807) is 7.11 Å². The van der Waals surface area contributed by atoms with Crippen molar-refractivity contribution in [3.63, 3.8) is 0 Å². The zero-order chi connectivity index (χ0) is 17.6. The number of ether oxygens (including phenoxy) is 1. The molecular weight excluding hydrogens is 312 g/mol. The molecule has 25 heavy (non-hydrogen) atoms.